The average Bonchev–Trinajstić information content (AvgIpc) is 2.84. The lowest BCUT2D eigenvalue weighted by Crippen LogP contribution is -2.37. The van der Waals surface area contributed by atoms with Gasteiger partial charge in [-0.2, -0.15) is 5.10 Å². The fourth-order valence-electron chi connectivity index (χ4n) is 4.01. The monoisotopic (exact) mass is 276 g/mol. The van der Waals surface area contributed by atoms with Gasteiger partial charge in [0.05, 0.1) is 0 Å². The quantitative estimate of drug-likeness (QED) is 0.832. The van der Waals surface area contributed by atoms with Gasteiger partial charge in [-0.05, 0) is 55.9 Å². The molecule has 0 radical (unpaired) electrons. The van der Waals surface area contributed by atoms with Crippen LogP contribution in [0.2, 0.25) is 0 Å². The molecule has 0 aromatic carbocycles. The highest BCUT2D eigenvalue weighted by atomic mass is 15.3. The first-order chi connectivity index (χ1) is 9.62. The van der Waals surface area contributed by atoms with E-state index in [9.17, 15) is 0 Å². The Labute approximate surface area is 122 Å². The third-order valence-corrected chi connectivity index (χ3v) is 5.04. The molecule has 3 rings (SSSR count). The second-order valence-electron chi connectivity index (χ2n) is 7.36. The summed E-state index contributed by atoms with van der Waals surface area (Å²) in [5.74, 6) is 3.92. The maximum absolute atomic E-state index is 4.50. The van der Waals surface area contributed by atoms with Gasteiger partial charge in [0.15, 0.2) is 0 Å². The van der Waals surface area contributed by atoms with Gasteiger partial charge < -0.3 is 5.32 Å². The molecule has 2 saturated carbocycles. The predicted molar refractivity (Wildman–Crippen MR) is 80.4 cm³/mol. The van der Waals surface area contributed by atoms with Crippen LogP contribution in [-0.4, -0.2) is 27.9 Å². The van der Waals surface area contributed by atoms with Crippen LogP contribution in [0.25, 0.3) is 0 Å². The number of aromatic nitrogens is 3. The molecule has 2 aliphatic rings. The molecule has 0 bridgehead atoms. The van der Waals surface area contributed by atoms with E-state index in [4.69, 9.17) is 0 Å². The Balaban J connectivity index is 1.66. The van der Waals surface area contributed by atoms with E-state index in [1.807, 2.05) is 0 Å². The van der Waals surface area contributed by atoms with Crippen LogP contribution in [0.1, 0.15) is 45.9 Å². The maximum atomic E-state index is 4.50. The highest BCUT2D eigenvalue weighted by Crippen LogP contribution is 2.60. The summed E-state index contributed by atoms with van der Waals surface area (Å²) in [5, 5.41) is 8.03. The van der Waals surface area contributed by atoms with Gasteiger partial charge in [-0.1, -0.05) is 13.8 Å². The van der Waals surface area contributed by atoms with Gasteiger partial charge in [-0.25, -0.2) is 4.98 Å². The second kappa shape index (κ2) is 5.47. The molecule has 1 aromatic heterocycles. The minimum atomic E-state index is 0.433. The zero-order valence-electron chi connectivity index (χ0n) is 13.1. The molecule has 112 valence electrons. The van der Waals surface area contributed by atoms with Crippen LogP contribution >= 0.6 is 0 Å². The van der Waals surface area contributed by atoms with Crippen molar-refractivity contribution in [2.45, 2.75) is 53.0 Å². The smallest absolute Gasteiger partial charge is 0.138 e. The van der Waals surface area contributed by atoms with E-state index >= 15 is 0 Å². The minimum absolute atomic E-state index is 0.433. The Kier molecular flexibility index (Phi) is 3.85. The molecule has 1 aromatic rings. The molecular formula is C16H28N4. The van der Waals surface area contributed by atoms with Crippen molar-refractivity contribution in [2.24, 2.45) is 23.2 Å². The van der Waals surface area contributed by atoms with Crippen molar-refractivity contribution in [1.29, 1.82) is 0 Å². The van der Waals surface area contributed by atoms with E-state index in [1.165, 1.54) is 25.1 Å². The molecule has 1 N–H and O–H groups in total. The van der Waals surface area contributed by atoms with E-state index in [1.54, 1.807) is 6.33 Å². The summed E-state index contributed by atoms with van der Waals surface area (Å²) in [7, 11) is 0. The van der Waals surface area contributed by atoms with E-state index in [0.717, 1.165) is 43.8 Å². The summed E-state index contributed by atoms with van der Waals surface area (Å²) in [6, 6.07) is 0. The lowest BCUT2D eigenvalue weighted by molar-refractivity contribution is 0.236. The lowest BCUT2D eigenvalue weighted by atomic mass is 9.79. The number of fused-ring (bicyclic) bond motifs is 1. The normalized spacial score (nSPS) is 31.8. The molecular weight excluding hydrogens is 248 g/mol. The molecule has 2 unspecified atom stereocenters. The molecule has 2 aliphatic carbocycles. The average molecular weight is 276 g/mol. The van der Waals surface area contributed by atoms with E-state index in [2.05, 4.69) is 40.9 Å². The Bertz CT molecular complexity index is 441. The summed E-state index contributed by atoms with van der Waals surface area (Å²) in [4.78, 5) is 4.50. The van der Waals surface area contributed by atoms with Crippen molar-refractivity contribution < 1.29 is 0 Å². The van der Waals surface area contributed by atoms with Gasteiger partial charge in [0, 0.05) is 19.5 Å². The second-order valence-corrected chi connectivity index (χ2v) is 7.36. The van der Waals surface area contributed by atoms with Gasteiger partial charge in [-0.3, -0.25) is 4.68 Å². The lowest BCUT2D eigenvalue weighted by Gasteiger charge is -2.31. The summed E-state index contributed by atoms with van der Waals surface area (Å²) in [6.45, 7) is 9.90. The number of nitrogens with one attached hydrogen (secondary N) is 1. The van der Waals surface area contributed by atoms with E-state index in [0.29, 0.717) is 5.41 Å². The zero-order chi connectivity index (χ0) is 14.2. The Morgan fingerprint density at radius 2 is 2.15 bits per heavy atom. The van der Waals surface area contributed by atoms with Gasteiger partial charge >= 0.3 is 0 Å². The maximum Gasteiger partial charge on any atom is 0.138 e. The van der Waals surface area contributed by atoms with Crippen molar-refractivity contribution in [3.05, 3.63) is 12.2 Å². The SMILES string of the molecule is CCn1ncnc1CC1(CNCC(C)C)CC2CC2C1. The van der Waals surface area contributed by atoms with Crippen LogP contribution in [0.4, 0.5) is 0 Å². The number of hydrogen-bond acceptors (Lipinski definition) is 3. The number of rotatable bonds is 7. The number of aryl methyl sites for hydroxylation is 1. The molecule has 0 amide bonds. The fraction of sp³-hybridized carbons (Fsp3) is 0.875. The first-order valence-corrected chi connectivity index (χ1v) is 8.19. The molecule has 20 heavy (non-hydrogen) atoms. The Morgan fingerprint density at radius 1 is 1.40 bits per heavy atom. The molecule has 0 aliphatic heterocycles. The topological polar surface area (TPSA) is 42.7 Å². The van der Waals surface area contributed by atoms with Crippen LogP contribution in [0.5, 0.6) is 0 Å². The Morgan fingerprint density at radius 3 is 2.80 bits per heavy atom. The van der Waals surface area contributed by atoms with Crippen molar-refractivity contribution >= 4 is 0 Å². The molecule has 4 nitrogen and oxygen atoms in total. The Hall–Kier alpha value is -0.900. The van der Waals surface area contributed by atoms with Gasteiger partial charge in [0.25, 0.3) is 0 Å². The van der Waals surface area contributed by atoms with E-state index in [-0.39, 0.29) is 0 Å². The first kappa shape index (κ1) is 14.1. The fourth-order valence-corrected chi connectivity index (χ4v) is 4.01. The van der Waals surface area contributed by atoms with Crippen LogP contribution in [0.3, 0.4) is 0 Å². The number of hydrogen-bond donors (Lipinski definition) is 1. The molecule has 0 spiro atoms. The molecule has 2 atom stereocenters. The van der Waals surface area contributed by atoms with Gasteiger partial charge in [-0.15, -0.1) is 0 Å². The van der Waals surface area contributed by atoms with Crippen molar-refractivity contribution in [3.8, 4) is 0 Å². The largest absolute Gasteiger partial charge is 0.316 e. The van der Waals surface area contributed by atoms with Crippen molar-refractivity contribution in [1.82, 2.24) is 20.1 Å². The minimum Gasteiger partial charge on any atom is -0.316 e. The standard InChI is InChI=1S/C16H28N4/c1-4-20-15(18-11-19-20)8-16(10-17-9-12(2)3)6-13-5-14(13)7-16/h11-14,17H,4-10H2,1-3H3. The van der Waals surface area contributed by atoms with Crippen LogP contribution < -0.4 is 5.32 Å². The highest BCUT2D eigenvalue weighted by molar-refractivity contribution is 5.08. The highest BCUT2D eigenvalue weighted by Gasteiger charge is 2.53. The predicted octanol–water partition coefficient (Wildman–Crippen LogP) is 2.50. The van der Waals surface area contributed by atoms with Crippen molar-refractivity contribution in [3.63, 3.8) is 0 Å². The molecule has 1 heterocycles. The third-order valence-electron chi connectivity index (χ3n) is 5.04. The molecule has 4 heteroatoms. The number of nitrogens with zero attached hydrogens (tertiary/aromatic N) is 3. The van der Waals surface area contributed by atoms with Crippen LogP contribution in [0, 0.1) is 23.2 Å². The van der Waals surface area contributed by atoms with Crippen LogP contribution in [0.15, 0.2) is 6.33 Å². The third kappa shape index (κ3) is 2.90. The summed E-state index contributed by atoms with van der Waals surface area (Å²) in [6.07, 6.45) is 7.06. The van der Waals surface area contributed by atoms with Gasteiger partial charge in [0.1, 0.15) is 12.2 Å². The van der Waals surface area contributed by atoms with E-state index < -0.39 is 0 Å². The summed E-state index contributed by atoms with van der Waals surface area (Å²) in [5.41, 5.74) is 0.433. The molecule has 2 fully saturated rings. The van der Waals surface area contributed by atoms with Crippen LogP contribution in [-0.2, 0) is 13.0 Å². The summed E-state index contributed by atoms with van der Waals surface area (Å²) < 4.78 is 2.06. The van der Waals surface area contributed by atoms with Crippen molar-refractivity contribution in [2.75, 3.05) is 13.1 Å². The first-order valence-electron chi connectivity index (χ1n) is 8.19. The zero-order valence-corrected chi connectivity index (χ0v) is 13.1. The summed E-state index contributed by atoms with van der Waals surface area (Å²) >= 11 is 0. The van der Waals surface area contributed by atoms with Gasteiger partial charge in [0.2, 0.25) is 0 Å². The molecule has 0 saturated heterocycles.